The SMILES string of the molecule is CC1CCN(C(=O)CSc2nc(-c3ccccc3)c(N)s2)CC1. The first-order valence-corrected chi connectivity index (χ1v) is 9.66. The molecule has 1 aliphatic heterocycles. The molecule has 1 saturated heterocycles. The van der Waals surface area contributed by atoms with Crippen molar-refractivity contribution in [3.05, 3.63) is 30.3 Å². The van der Waals surface area contributed by atoms with Crippen molar-refractivity contribution in [3.63, 3.8) is 0 Å². The molecule has 1 fully saturated rings. The first kappa shape index (κ1) is 16.3. The lowest BCUT2D eigenvalue weighted by molar-refractivity contribution is -0.129. The minimum Gasteiger partial charge on any atom is -0.389 e. The van der Waals surface area contributed by atoms with Crippen molar-refractivity contribution in [2.24, 2.45) is 5.92 Å². The summed E-state index contributed by atoms with van der Waals surface area (Å²) in [5, 5.41) is 0.706. The minimum atomic E-state index is 0.205. The Hall–Kier alpha value is -1.53. The van der Waals surface area contributed by atoms with Gasteiger partial charge in [0, 0.05) is 18.7 Å². The Morgan fingerprint density at radius 1 is 1.35 bits per heavy atom. The van der Waals surface area contributed by atoms with Crippen LogP contribution in [0, 0.1) is 5.92 Å². The zero-order chi connectivity index (χ0) is 16.2. The van der Waals surface area contributed by atoms with E-state index in [1.165, 1.54) is 23.1 Å². The van der Waals surface area contributed by atoms with E-state index in [1.807, 2.05) is 35.2 Å². The Morgan fingerprint density at radius 2 is 2.04 bits per heavy atom. The van der Waals surface area contributed by atoms with Crippen molar-refractivity contribution in [1.29, 1.82) is 0 Å². The topological polar surface area (TPSA) is 59.2 Å². The molecule has 122 valence electrons. The number of nitrogens with zero attached hydrogens (tertiary/aromatic N) is 2. The van der Waals surface area contributed by atoms with Crippen LogP contribution in [0.1, 0.15) is 19.8 Å². The quantitative estimate of drug-likeness (QED) is 0.856. The predicted molar refractivity (Wildman–Crippen MR) is 97.7 cm³/mol. The largest absolute Gasteiger partial charge is 0.389 e. The summed E-state index contributed by atoms with van der Waals surface area (Å²) >= 11 is 2.95. The average Bonchev–Trinajstić information content (AvgIpc) is 2.95. The van der Waals surface area contributed by atoms with Gasteiger partial charge in [-0.05, 0) is 18.8 Å². The van der Waals surface area contributed by atoms with E-state index in [1.54, 1.807) is 0 Å². The number of carbonyl (C=O) groups excluding carboxylic acids is 1. The van der Waals surface area contributed by atoms with Crippen molar-refractivity contribution in [2.45, 2.75) is 24.1 Å². The molecular weight excluding hydrogens is 326 g/mol. The zero-order valence-electron chi connectivity index (χ0n) is 13.2. The highest BCUT2D eigenvalue weighted by Gasteiger charge is 2.21. The van der Waals surface area contributed by atoms with Gasteiger partial charge in [-0.25, -0.2) is 4.98 Å². The molecule has 1 aromatic carbocycles. The monoisotopic (exact) mass is 347 g/mol. The number of hydrogen-bond acceptors (Lipinski definition) is 5. The molecule has 1 aliphatic rings. The number of carbonyl (C=O) groups is 1. The molecule has 0 unspecified atom stereocenters. The van der Waals surface area contributed by atoms with Gasteiger partial charge in [0.2, 0.25) is 5.91 Å². The summed E-state index contributed by atoms with van der Waals surface area (Å²) in [5.74, 6) is 1.38. The van der Waals surface area contributed by atoms with Crippen LogP contribution in [0.2, 0.25) is 0 Å². The number of benzene rings is 1. The van der Waals surface area contributed by atoms with Gasteiger partial charge in [-0.3, -0.25) is 4.79 Å². The second-order valence-corrected chi connectivity index (χ2v) is 8.16. The number of piperidine rings is 1. The van der Waals surface area contributed by atoms with Crippen LogP contribution in [0.5, 0.6) is 0 Å². The Kier molecular flexibility index (Phi) is 5.23. The van der Waals surface area contributed by atoms with Crippen LogP contribution in [0.15, 0.2) is 34.7 Å². The summed E-state index contributed by atoms with van der Waals surface area (Å²) < 4.78 is 0.861. The number of nitrogens with two attached hydrogens (primary N) is 1. The molecule has 2 N–H and O–H groups in total. The summed E-state index contributed by atoms with van der Waals surface area (Å²) in [6.45, 7) is 4.02. The molecule has 0 radical (unpaired) electrons. The highest BCUT2D eigenvalue weighted by molar-refractivity contribution is 8.01. The maximum Gasteiger partial charge on any atom is 0.233 e. The number of aromatic nitrogens is 1. The highest BCUT2D eigenvalue weighted by atomic mass is 32.2. The number of hydrogen-bond donors (Lipinski definition) is 1. The molecule has 3 rings (SSSR count). The molecule has 1 aromatic heterocycles. The Morgan fingerprint density at radius 3 is 2.74 bits per heavy atom. The molecule has 2 aromatic rings. The number of thioether (sulfide) groups is 1. The van der Waals surface area contributed by atoms with Crippen LogP contribution in [-0.2, 0) is 4.79 Å². The van der Waals surface area contributed by atoms with Gasteiger partial charge in [0.25, 0.3) is 0 Å². The van der Waals surface area contributed by atoms with Gasteiger partial charge in [-0.2, -0.15) is 0 Å². The number of rotatable bonds is 4. The van der Waals surface area contributed by atoms with E-state index in [4.69, 9.17) is 5.73 Å². The van der Waals surface area contributed by atoms with Gasteiger partial charge in [0.05, 0.1) is 5.75 Å². The van der Waals surface area contributed by atoms with E-state index in [9.17, 15) is 4.79 Å². The summed E-state index contributed by atoms with van der Waals surface area (Å²) in [6.07, 6.45) is 2.22. The van der Waals surface area contributed by atoms with Gasteiger partial charge in [0.1, 0.15) is 10.7 Å². The summed E-state index contributed by atoms with van der Waals surface area (Å²) in [6, 6.07) is 9.92. The third-order valence-electron chi connectivity index (χ3n) is 4.14. The Bertz CT molecular complexity index is 664. The minimum absolute atomic E-state index is 0.205. The van der Waals surface area contributed by atoms with Crippen LogP contribution in [0.3, 0.4) is 0 Å². The number of likely N-dealkylation sites (tertiary alicyclic amines) is 1. The van der Waals surface area contributed by atoms with Crippen LogP contribution in [0.4, 0.5) is 5.00 Å². The van der Waals surface area contributed by atoms with Gasteiger partial charge in [0.15, 0.2) is 4.34 Å². The lowest BCUT2D eigenvalue weighted by atomic mass is 9.99. The highest BCUT2D eigenvalue weighted by Crippen LogP contribution is 2.35. The number of anilines is 1. The molecule has 0 atom stereocenters. The second kappa shape index (κ2) is 7.36. The molecule has 1 amide bonds. The van der Waals surface area contributed by atoms with Gasteiger partial charge in [-0.1, -0.05) is 60.4 Å². The fourth-order valence-electron chi connectivity index (χ4n) is 2.65. The second-order valence-electron chi connectivity index (χ2n) is 5.91. The first-order valence-electron chi connectivity index (χ1n) is 7.86. The molecule has 23 heavy (non-hydrogen) atoms. The third-order valence-corrected chi connectivity index (χ3v) is 6.15. The maximum atomic E-state index is 12.3. The molecule has 0 aliphatic carbocycles. The van der Waals surface area contributed by atoms with Crippen LogP contribution in [0.25, 0.3) is 11.3 Å². The third kappa shape index (κ3) is 4.06. The van der Waals surface area contributed by atoms with Crippen molar-refractivity contribution in [2.75, 3.05) is 24.6 Å². The number of nitrogen functional groups attached to an aromatic ring is 1. The van der Waals surface area contributed by atoms with E-state index >= 15 is 0 Å². The van der Waals surface area contributed by atoms with Crippen LogP contribution < -0.4 is 5.73 Å². The molecule has 4 nitrogen and oxygen atoms in total. The Balaban J connectivity index is 1.60. The van der Waals surface area contributed by atoms with E-state index in [0.29, 0.717) is 10.8 Å². The van der Waals surface area contributed by atoms with E-state index in [2.05, 4.69) is 11.9 Å². The number of amides is 1. The van der Waals surface area contributed by atoms with Gasteiger partial charge >= 0.3 is 0 Å². The Labute approximate surface area is 145 Å². The normalized spacial score (nSPS) is 15.8. The fraction of sp³-hybridized carbons (Fsp3) is 0.412. The maximum absolute atomic E-state index is 12.3. The molecule has 0 bridgehead atoms. The molecule has 2 heterocycles. The van der Waals surface area contributed by atoms with Crippen molar-refractivity contribution in [3.8, 4) is 11.3 Å². The summed E-state index contributed by atoms with van der Waals surface area (Å²) in [7, 11) is 0. The lowest BCUT2D eigenvalue weighted by Crippen LogP contribution is -2.38. The number of thiazole rings is 1. The van der Waals surface area contributed by atoms with Crippen molar-refractivity contribution < 1.29 is 4.79 Å². The summed E-state index contributed by atoms with van der Waals surface area (Å²) in [5.41, 5.74) is 7.92. The molecular formula is C17H21N3OS2. The smallest absolute Gasteiger partial charge is 0.233 e. The molecule has 0 spiro atoms. The van der Waals surface area contributed by atoms with Crippen LogP contribution >= 0.6 is 23.1 Å². The fourth-order valence-corrected chi connectivity index (χ4v) is 4.50. The van der Waals surface area contributed by atoms with Gasteiger partial charge < -0.3 is 10.6 Å². The van der Waals surface area contributed by atoms with Crippen molar-refractivity contribution in [1.82, 2.24) is 9.88 Å². The van der Waals surface area contributed by atoms with E-state index in [0.717, 1.165) is 47.4 Å². The lowest BCUT2D eigenvalue weighted by Gasteiger charge is -2.30. The zero-order valence-corrected chi connectivity index (χ0v) is 14.8. The van der Waals surface area contributed by atoms with E-state index < -0.39 is 0 Å². The van der Waals surface area contributed by atoms with Crippen LogP contribution in [-0.4, -0.2) is 34.6 Å². The van der Waals surface area contributed by atoms with Crippen molar-refractivity contribution >= 4 is 34.0 Å². The first-order chi connectivity index (χ1) is 11.1. The van der Waals surface area contributed by atoms with Gasteiger partial charge in [-0.15, -0.1) is 0 Å². The predicted octanol–water partition coefficient (Wildman–Crippen LogP) is 3.74. The standard InChI is InChI=1S/C17H21N3OS2/c1-12-7-9-20(10-8-12)14(21)11-22-17-19-15(16(18)23-17)13-5-3-2-4-6-13/h2-6,12H,7-11,18H2,1H3. The average molecular weight is 348 g/mol. The molecule has 0 saturated carbocycles. The molecule has 6 heteroatoms. The van der Waals surface area contributed by atoms with E-state index in [-0.39, 0.29) is 5.91 Å². The summed E-state index contributed by atoms with van der Waals surface area (Å²) in [4.78, 5) is 18.9.